The van der Waals surface area contributed by atoms with Gasteiger partial charge in [-0.3, -0.25) is 9.69 Å². The standard InChI is InChI=1S/C25H29N3O4/c1-18-23(19(2)32-27-18)17-31-22-10-8-21(9-11-22)25(29)26-24(20-6-4-3-5-7-20)16-28-12-14-30-15-13-28/h3-11,24H,12-17H2,1-2H3,(H,26,29)/t24-/m0/s1. The first-order chi connectivity index (χ1) is 15.6. The Balaban J connectivity index is 1.40. The molecule has 1 amide bonds. The van der Waals surface area contributed by atoms with E-state index in [1.54, 1.807) is 12.1 Å². The molecule has 0 radical (unpaired) electrons. The van der Waals surface area contributed by atoms with Crippen molar-refractivity contribution in [1.82, 2.24) is 15.4 Å². The largest absolute Gasteiger partial charge is 0.489 e. The van der Waals surface area contributed by atoms with Crippen LogP contribution in [-0.2, 0) is 11.3 Å². The zero-order valence-electron chi connectivity index (χ0n) is 18.5. The number of hydrogen-bond acceptors (Lipinski definition) is 6. The molecule has 0 unspecified atom stereocenters. The van der Waals surface area contributed by atoms with Crippen molar-refractivity contribution in [1.29, 1.82) is 0 Å². The summed E-state index contributed by atoms with van der Waals surface area (Å²) in [6.07, 6.45) is 0. The quantitative estimate of drug-likeness (QED) is 0.582. The Morgan fingerprint density at radius 2 is 1.81 bits per heavy atom. The summed E-state index contributed by atoms with van der Waals surface area (Å²) in [6.45, 7) is 8.08. The topological polar surface area (TPSA) is 76.8 Å². The monoisotopic (exact) mass is 435 g/mol. The van der Waals surface area contributed by atoms with Gasteiger partial charge >= 0.3 is 0 Å². The van der Waals surface area contributed by atoms with Crippen LogP contribution in [0.25, 0.3) is 0 Å². The van der Waals surface area contributed by atoms with E-state index in [1.807, 2.05) is 44.2 Å². The number of aromatic nitrogens is 1. The van der Waals surface area contributed by atoms with E-state index in [0.717, 1.165) is 55.4 Å². The smallest absolute Gasteiger partial charge is 0.251 e. The molecule has 1 aliphatic heterocycles. The molecule has 1 aliphatic rings. The Labute approximate surface area is 188 Å². The first-order valence-corrected chi connectivity index (χ1v) is 10.9. The lowest BCUT2D eigenvalue weighted by Crippen LogP contribution is -2.43. The number of aryl methyl sites for hydroxylation is 2. The van der Waals surface area contributed by atoms with Crippen LogP contribution in [0, 0.1) is 13.8 Å². The van der Waals surface area contributed by atoms with E-state index in [0.29, 0.717) is 17.9 Å². The van der Waals surface area contributed by atoms with Crippen molar-refractivity contribution in [3.05, 3.63) is 82.7 Å². The molecule has 32 heavy (non-hydrogen) atoms. The summed E-state index contributed by atoms with van der Waals surface area (Å²) in [5, 5.41) is 7.14. The minimum atomic E-state index is -0.107. The molecule has 7 heteroatoms. The Morgan fingerprint density at radius 1 is 1.09 bits per heavy atom. The van der Waals surface area contributed by atoms with Gasteiger partial charge in [-0.05, 0) is 43.7 Å². The van der Waals surface area contributed by atoms with Gasteiger partial charge in [0.05, 0.1) is 30.5 Å². The van der Waals surface area contributed by atoms with Crippen LogP contribution < -0.4 is 10.1 Å². The molecule has 7 nitrogen and oxygen atoms in total. The molecule has 1 N–H and O–H groups in total. The summed E-state index contributed by atoms with van der Waals surface area (Å²) < 4.78 is 16.5. The van der Waals surface area contributed by atoms with Gasteiger partial charge in [-0.15, -0.1) is 0 Å². The minimum Gasteiger partial charge on any atom is -0.489 e. The van der Waals surface area contributed by atoms with E-state index in [1.165, 1.54) is 0 Å². The van der Waals surface area contributed by atoms with Crippen LogP contribution in [0.2, 0.25) is 0 Å². The maximum absolute atomic E-state index is 13.0. The number of morpholine rings is 1. The van der Waals surface area contributed by atoms with Gasteiger partial charge in [0.1, 0.15) is 18.1 Å². The maximum Gasteiger partial charge on any atom is 0.251 e. The first-order valence-electron chi connectivity index (χ1n) is 10.9. The summed E-state index contributed by atoms with van der Waals surface area (Å²) >= 11 is 0. The van der Waals surface area contributed by atoms with Crippen molar-refractivity contribution < 1.29 is 18.8 Å². The Kier molecular flexibility index (Phi) is 7.19. The lowest BCUT2D eigenvalue weighted by Gasteiger charge is -2.31. The van der Waals surface area contributed by atoms with E-state index < -0.39 is 0 Å². The SMILES string of the molecule is Cc1noc(C)c1COc1ccc(C(=O)N[C@@H](CN2CCOCC2)c2ccccc2)cc1. The van der Waals surface area contributed by atoms with E-state index in [4.69, 9.17) is 14.0 Å². The molecular formula is C25H29N3O4. The number of rotatable bonds is 8. The van der Waals surface area contributed by atoms with Crippen LogP contribution in [0.15, 0.2) is 59.1 Å². The first kappa shape index (κ1) is 22.0. The van der Waals surface area contributed by atoms with Crippen molar-refractivity contribution in [2.24, 2.45) is 0 Å². The lowest BCUT2D eigenvalue weighted by molar-refractivity contribution is 0.0332. The van der Waals surface area contributed by atoms with Crippen molar-refractivity contribution in [3.63, 3.8) is 0 Å². The van der Waals surface area contributed by atoms with Crippen LogP contribution in [0.4, 0.5) is 0 Å². The minimum absolute atomic E-state index is 0.0998. The number of amides is 1. The fraction of sp³-hybridized carbons (Fsp3) is 0.360. The van der Waals surface area contributed by atoms with Crippen LogP contribution in [0.3, 0.4) is 0 Å². The molecule has 1 aromatic heterocycles. The van der Waals surface area contributed by atoms with Gasteiger partial charge in [-0.25, -0.2) is 0 Å². The molecule has 4 rings (SSSR count). The number of carbonyl (C=O) groups excluding carboxylic acids is 1. The molecule has 2 aromatic carbocycles. The molecule has 0 aliphatic carbocycles. The van der Waals surface area contributed by atoms with E-state index >= 15 is 0 Å². The fourth-order valence-electron chi connectivity index (χ4n) is 3.77. The molecule has 1 atom stereocenters. The maximum atomic E-state index is 13.0. The second kappa shape index (κ2) is 10.4. The van der Waals surface area contributed by atoms with Gasteiger partial charge < -0.3 is 19.3 Å². The number of carbonyl (C=O) groups is 1. The number of nitrogens with zero attached hydrogens (tertiary/aromatic N) is 2. The van der Waals surface area contributed by atoms with Gasteiger partial charge in [0.15, 0.2) is 0 Å². The number of nitrogens with one attached hydrogen (secondary N) is 1. The third kappa shape index (κ3) is 5.55. The summed E-state index contributed by atoms with van der Waals surface area (Å²) in [7, 11) is 0. The molecule has 168 valence electrons. The summed E-state index contributed by atoms with van der Waals surface area (Å²) in [5.74, 6) is 1.34. The number of hydrogen-bond donors (Lipinski definition) is 1. The molecule has 1 saturated heterocycles. The highest BCUT2D eigenvalue weighted by Gasteiger charge is 2.21. The summed E-state index contributed by atoms with van der Waals surface area (Å²) in [4.78, 5) is 15.3. The fourth-order valence-corrected chi connectivity index (χ4v) is 3.77. The van der Waals surface area contributed by atoms with Crippen molar-refractivity contribution in [2.75, 3.05) is 32.8 Å². The highest BCUT2D eigenvalue weighted by Crippen LogP contribution is 2.20. The Hall–Kier alpha value is -3.16. The van der Waals surface area contributed by atoms with Gasteiger partial charge in [0.2, 0.25) is 0 Å². The third-order valence-electron chi connectivity index (χ3n) is 5.73. The van der Waals surface area contributed by atoms with Crippen molar-refractivity contribution in [3.8, 4) is 5.75 Å². The third-order valence-corrected chi connectivity index (χ3v) is 5.73. The molecular weight excluding hydrogens is 406 g/mol. The van der Waals surface area contributed by atoms with Crippen LogP contribution >= 0.6 is 0 Å². The van der Waals surface area contributed by atoms with Gasteiger partial charge in [0.25, 0.3) is 5.91 Å². The van der Waals surface area contributed by atoms with E-state index in [-0.39, 0.29) is 11.9 Å². The second-order valence-corrected chi connectivity index (χ2v) is 7.97. The average Bonchev–Trinajstić information content (AvgIpc) is 3.16. The molecule has 0 spiro atoms. The predicted octanol–water partition coefficient (Wildman–Crippen LogP) is 3.67. The zero-order chi connectivity index (χ0) is 22.3. The molecule has 3 aromatic rings. The Bertz CT molecular complexity index is 992. The average molecular weight is 436 g/mol. The molecule has 0 bridgehead atoms. The molecule has 1 fully saturated rings. The van der Waals surface area contributed by atoms with E-state index in [9.17, 15) is 4.79 Å². The van der Waals surface area contributed by atoms with Gasteiger partial charge in [-0.2, -0.15) is 0 Å². The van der Waals surface area contributed by atoms with Crippen LogP contribution in [0.5, 0.6) is 5.75 Å². The summed E-state index contributed by atoms with van der Waals surface area (Å²) in [5.41, 5.74) is 3.45. The number of benzene rings is 2. The van der Waals surface area contributed by atoms with Gasteiger partial charge in [0, 0.05) is 25.2 Å². The van der Waals surface area contributed by atoms with Crippen LogP contribution in [-0.4, -0.2) is 48.8 Å². The predicted molar refractivity (Wildman–Crippen MR) is 121 cm³/mol. The number of ether oxygens (including phenoxy) is 2. The second-order valence-electron chi connectivity index (χ2n) is 7.97. The normalized spacial score (nSPS) is 15.3. The highest BCUT2D eigenvalue weighted by atomic mass is 16.5. The van der Waals surface area contributed by atoms with Crippen molar-refractivity contribution in [2.45, 2.75) is 26.5 Å². The lowest BCUT2D eigenvalue weighted by atomic mass is 10.1. The Morgan fingerprint density at radius 3 is 2.47 bits per heavy atom. The summed E-state index contributed by atoms with van der Waals surface area (Å²) in [6, 6.07) is 17.2. The zero-order valence-corrected chi connectivity index (χ0v) is 18.5. The van der Waals surface area contributed by atoms with Gasteiger partial charge in [-0.1, -0.05) is 35.5 Å². The molecule has 2 heterocycles. The van der Waals surface area contributed by atoms with E-state index in [2.05, 4.69) is 27.5 Å². The molecule has 0 saturated carbocycles. The highest BCUT2D eigenvalue weighted by molar-refractivity contribution is 5.94. The van der Waals surface area contributed by atoms with Crippen molar-refractivity contribution >= 4 is 5.91 Å². The van der Waals surface area contributed by atoms with Crippen LogP contribution in [0.1, 0.15) is 39.0 Å².